The van der Waals surface area contributed by atoms with Gasteiger partial charge in [0.15, 0.2) is 6.10 Å². The third kappa shape index (κ3) is 4.91. The predicted molar refractivity (Wildman–Crippen MR) is 110 cm³/mol. The van der Waals surface area contributed by atoms with Gasteiger partial charge in [0.05, 0.1) is 23.6 Å². The summed E-state index contributed by atoms with van der Waals surface area (Å²) in [4.78, 5) is 12.8. The van der Waals surface area contributed by atoms with Crippen molar-refractivity contribution < 1.29 is 32.2 Å². The number of aliphatic hydroxyl groups excluding tert-OH is 1. The van der Waals surface area contributed by atoms with Gasteiger partial charge in [-0.05, 0) is 43.7 Å². The zero-order chi connectivity index (χ0) is 23.6. The van der Waals surface area contributed by atoms with Crippen molar-refractivity contribution in [2.75, 3.05) is 5.32 Å². The van der Waals surface area contributed by atoms with Gasteiger partial charge in [0, 0.05) is 18.3 Å². The molecule has 0 saturated heterocycles. The lowest BCUT2D eigenvalue weighted by Gasteiger charge is -2.20. The lowest BCUT2D eigenvalue weighted by atomic mass is 10.1. The maximum atomic E-state index is 14.9. The first-order chi connectivity index (χ1) is 15.0. The number of ether oxygens (including phenoxy) is 1. The first-order valence-electron chi connectivity index (χ1n) is 9.59. The molecule has 3 aromatic rings. The molecule has 0 aliphatic carbocycles. The highest BCUT2D eigenvalue weighted by atomic mass is 19.4. The second-order valence-corrected chi connectivity index (χ2v) is 7.20. The molecule has 6 nitrogen and oxygen atoms in total. The summed E-state index contributed by atoms with van der Waals surface area (Å²) in [5.74, 6) is -2.16. The standard InChI is InChI=1S/C22H21F4N3O3/c1-12-6-4-5-7-18(12)27-21(31)16-9-17(23)15(19-8-14(11-30)29(3)28-19)10-20(16)32-13(2)22(24,25)26/h4-10,13,30H,11H2,1-3H3,(H,27,31). The maximum Gasteiger partial charge on any atom is 0.425 e. The molecule has 2 aromatic carbocycles. The molecular formula is C22H21F4N3O3. The van der Waals surface area contributed by atoms with E-state index in [4.69, 9.17) is 4.74 Å². The van der Waals surface area contributed by atoms with E-state index in [1.54, 1.807) is 31.2 Å². The van der Waals surface area contributed by atoms with Crippen LogP contribution in [0.25, 0.3) is 11.3 Å². The Morgan fingerprint density at radius 3 is 2.53 bits per heavy atom. The largest absolute Gasteiger partial charge is 0.480 e. The van der Waals surface area contributed by atoms with Crippen LogP contribution in [0, 0.1) is 12.7 Å². The summed E-state index contributed by atoms with van der Waals surface area (Å²) < 4.78 is 60.7. The number of hydrogen-bond acceptors (Lipinski definition) is 4. The second kappa shape index (κ2) is 8.99. The van der Waals surface area contributed by atoms with Gasteiger partial charge in [-0.1, -0.05) is 18.2 Å². The van der Waals surface area contributed by atoms with E-state index in [0.29, 0.717) is 16.9 Å². The van der Waals surface area contributed by atoms with Crippen molar-refractivity contribution in [2.45, 2.75) is 32.7 Å². The van der Waals surface area contributed by atoms with Crippen molar-refractivity contribution in [3.63, 3.8) is 0 Å². The normalized spacial score (nSPS) is 12.5. The summed E-state index contributed by atoms with van der Waals surface area (Å²) in [6.45, 7) is 2.16. The van der Waals surface area contributed by atoms with Crippen LogP contribution in [0.4, 0.5) is 23.2 Å². The van der Waals surface area contributed by atoms with Crippen LogP contribution in [0.1, 0.15) is 28.5 Å². The number of rotatable bonds is 6. The molecule has 1 unspecified atom stereocenters. The molecule has 2 N–H and O–H groups in total. The number of amides is 1. The number of aromatic nitrogens is 2. The number of anilines is 1. The smallest absolute Gasteiger partial charge is 0.425 e. The molecule has 3 rings (SSSR count). The zero-order valence-electron chi connectivity index (χ0n) is 17.5. The Morgan fingerprint density at radius 1 is 1.25 bits per heavy atom. The van der Waals surface area contributed by atoms with Crippen LogP contribution in [0.2, 0.25) is 0 Å². The van der Waals surface area contributed by atoms with Gasteiger partial charge in [-0.3, -0.25) is 9.48 Å². The van der Waals surface area contributed by atoms with Crippen LogP contribution in [-0.4, -0.2) is 33.1 Å². The molecule has 1 heterocycles. The molecule has 0 bridgehead atoms. The number of aryl methyl sites for hydroxylation is 2. The second-order valence-electron chi connectivity index (χ2n) is 7.20. The number of aliphatic hydroxyl groups is 1. The highest BCUT2D eigenvalue weighted by Gasteiger charge is 2.39. The number of nitrogens with one attached hydrogen (secondary N) is 1. The van der Waals surface area contributed by atoms with Gasteiger partial charge >= 0.3 is 6.18 Å². The molecule has 1 atom stereocenters. The Bertz CT molecular complexity index is 1140. The van der Waals surface area contributed by atoms with E-state index in [2.05, 4.69) is 10.4 Å². The summed E-state index contributed by atoms with van der Waals surface area (Å²) in [5, 5.41) is 16.0. The van der Waals surface area contributed by atoms with Gasteiger partial charge in [0.2, 0.25) is 0 Å². The van der Waals surface area contributed by atoms with E-state index >= 15 is 0 Å². The highest BCUT2D eigenvalue weighted by molar-refractivity contribution is 6.07. The van der Waals surface area contributed by atoms with Crippen molar-refractivity contribution in [3.8, 4) is 17.0 Å². The fraction of sp³-hybridized carbons (Fsp3) is 0.273. The maximum absolute atomic E-state index is 14.9. The number of nitrogens with zero attached hydrogens (tertiary/aromatic N) is 2. The van der Waals surface area contributed by atoms with E-state index in [-0.39, 0.29) is 17.9 Å². The average Bonchev–Trinajstić information content (AvgIpc) is 3.10. The van der Waals surface area contributed by atoms with E-state index in [9.17, 15) is 27.5 Å². The number of halogens is 4. The lowest BCUT2D eigenvalue weighted by Crippen LogP contribution is -2.32. The zero-order valence-corrected chi connectivity index (χ0v) is 17.5. The molecular weight excluding hydrogens is 430 g/mol. The molecule has 0 spiro atoms. The third-order valence-electron chi connectivity index (χ3n) is 4.89. The van der Waals surface area contributed by atoms with Crippen LogP contribution in [0.3, 0.4) is 0 Å². The summed E-state index contributed by atoms with van der Waals surface area (Å²) >= 11 is 0. The molecule has 170 valence electrons. The van der Waals surface area contributed by atoms with Crippen LogP contribution in [0.5, 0.6) is 5.75 Å². The Kier molecular flexibility index (Phi) is 6.54. The molecule has 0 aliphatic heterocycles. The quantitative estimate of drug-likeness (QED) is 0.537. The molecule has 32 heavy (non-hydrogen) atoms. The van der Waals surface area contributed by atoms with Crippen LogP contribution >= 0.6 is 0 Å². The predicted octanol–water partition coefficient (Wildman–Crippen LogP) is 4.61. The number of carbonyl (C=O) groups excluding carboxylic acids is 1. The van der Waals surface area contributed by atoms with Gasteiger partial charge in [-0.25, -0.2) is 4.39 Å². The molecule has 10 heteroatoms. The summed E-state index contributed by atoms with van der Waals surface area (Å²) in [7, 11) is 1.53. The molecule has 0 radical (unpaired) electrons. The van der Waals surface area contributed by atoms with E-state index in [1.807, 2.05) is 0 Å². The minimum absolute atomic E-state index is 0.0735. The van der Waals surface area contributed by atoms with Crippen molar-refractivity contribution in [2.24, 2.45) is 7.05 Å². The average molecular weight is 451 g/mol. The van der Waals surface area contributed by atoms with E-state index < -0.39 is 35.3 Å². The Hall–Kier alpha value is -3.40. The molecule has 0 saturated carbocycles. The number of para-hydroxylation sites is 1. The highest BCUT2D eigenvalue weighted by Crippen LogP contribution is 2.34. The summed E-state index contributed by atoms with van der Waals surface area (Å²) in [5.41, 5.74) is 1.01. The van der Waals surface area contributed by atoms with Gasteiger partial charge in [0.25, 0.3) is 5.91 Å². The minimum atomic E-state index is -4.70. The van der Waals surface area contributed by atoms with Crippen LogP contribution < -0.4 is 10.1 Å². The fourth-order valence-corrected chi connectivity index (χ4v) is 2.97. The van der Waals surface area contributed by atoms with E-state index in [1.165, 1.54) is 17.8 Å². The summed E-state index contributed by atoms with van der Waals surface area (Å²) in [6, 6.07) is 10.00. The monoisotopic (exact) mass is 451 g/mol. The van der Waals surface area contributed by atoms with E-state index in [0.717, 1.165) is 19.1 Å². The van der Waals surface area contributed by atoms with Crippen molar-refractivity contribution in [1.82, 2.24) is 9.78 Å². The topological polar surface area (TPSA) is 76.4 Å². The third-order valence-corrected chi connectivity index (χ3v) is 4.89. The van der Waals surface area contributed by atoms with Gasteiger partial charge in [-0.2, -0.15) is 18.3 Å². The molecule has 1 amide bonds. The van der Waals surface area contributed by atoms with Gasteiger partial charge < -0.3 is 15.2 Å². The van der Waals surface area contributed by atoms with Gasteiger partial charge in [-0.15, -0.1) is 0 Å². The van der Waals surface area contributed by atoms with Gasteiger partial charge in [0.1, 0.15) is 11.6 Å². The first-order valence-corrected chi connectivity index (χ1v) is 9.59. The van der Waals surface area contributed by atoms with Crippen LogP contribution in [0.15, 0.2) is 42.5 Å². The fourth-order valence-electron chi connectivity index (χ4n) is 2.97. The van der Waals surface area contributed by atoms with Crippen molar-refractivity contribution in [1.29, 1.82) is 0 Å². The van der Waals surface area contributed by atoms with Crippen molar-refractivity contribution in [3.05, 3.63) is 65.1 Å². The summed E-state index contributed by atoms with van der Waals surface area (Å²) in [6.07, 6.45) is -6.95. The number of alkyl halides is 3. The Morgan fingerprint density at radius 2 is 1.94 bits per heavy atom. The number of hydrogen-bond donors (Lipinski definition) is 2. The SMILES string of the molecule is Cc1ccccc1NC(=O)c1cc(F)c(-c2cc(CO)n(C)n2)cc1OC(C)C(F)(F)F. The Balaban J connectivity index is 2.07. The first kappa shape index (κ1) is 23.3. The molecule has 0 aliphatic rings. The molecule has 1 aromatic heterocycles. The lowest BCUT2D eigenvalue weighted by molar-refractivity contribution is -0.189. The van der Waals surface area contributed by atoms with Crippen LogP contribution in [-0.2, 0) is 13.7 Å². The van der Waals surface area contributed by atoms with Crippen molar-refractivity contribution >= 4 is 11.6 Å². The number of benzene rings is 2. The molecule has 0 fully saturated rings. The minimum Gasteiger partial charge on any atom is -0.480 e. The Labute approximate surface area is 181 Å². The number of carbonyl (C=O) groups is 1.